The van der Waals surface area contributed by atoms with Crippen molar-refractivity contribution in [3.05, 3.63) is 24.3 Å². The van der Waals surface area contributed by atoms with Crippen molar-refractivity contribution < 1.29 is 47.8 Å². The minimum atomic E-state index is -4.55. The van der Waals surface area contributed by atoms with Crippen LogP contribution in [0, 0.1) is 0 Å². The minimum Gasteiger partial charge on any atom is -0.462 e. The van der Waals surface area contributed by atoms with Crippen molar-refractivity contribution in [2.45, 2.75) is 238 Å². The molecule has 0 aliphatic heterocycles. The molecule has 0 aliphatic rings. The number of esters is 2. The van der Waals surface area contributed by atoms with E-state index in [1.807, 2.05) is 0 Å². The van der Waals surface area contributed by atoms with Crippen molar-refractivity contribution >= 4 is 19.8 Å². The summed E-state index contributed by atoms with van der Waals surface area (Å²) in [7, 11) is -4.55. The standard InChI is InChI=1S/C48H92NO10P/c1-4-7-10-12-14-16-18-20-21-23-25-27-29-31-34-37-48(53)59-44(42-56-47(52)36-33-30-28-26-24-22-19-17-15-13-11-8-5-2)43-58-60(54,55)57-41-39-49-45(38-40-50)46(51)35-32-9-6-3/h14,16,20-21,44-46,49-51H,4-13,15,17-19,22-43H2,1-3H3,(H,54,55)/b16-14-,21-20-. The number of nitrogens with one attached hydrogen (secondary N) is 1. The highest BCUT2D eigenvalue weighted by molar-refractivity contribution is 7.47. The smallest absolute Gasteiger partial charge is 0.462 e. The highest BCUT2D eigenvalue weighted by Gasteiger charge is 2.26. The van der Waals surface area contributed by atoms with Crippen molar-refractivity contribution in [3.63, 3.8) is 0 Å². The lowest BCUT2D eigenvalue weighted by Gasteiger charge is -2.24. The summed E-state index contributed by atoms with van der Waals surface area (Å²) in [4.78, 5) is 35.7. The summed E-state index contributed by atoms with van der Waals surface area (Å²) in [5, 5.41) is 23.0. The largest absolute Gasteiger partial charge is 0.472 e. The molecule has 0 aromatic carbocycles. The molecular weight excluding hydrogens is 781 g/mol. The van der Waals surface area contributed by atoms with Gasteiger partial charge >= 0.3 is 19.8 Å². The predicted molar refractivity (Wildman–Crippen MR) is 246 cm³/mol. The molecule has 60 heavy (non-hydrogen) atoms. The Morgan fingerprint density at radius 1 is 0.600 bits per heavy atom. The van der Waals surface area contributed by atoms with Gasteiger partial charge in [0, 0.05) is 32.0 Å². The molecule has 0 saturated carbocycles. The average molecular weight is 874 g/mol. The van der Waals surface area contributed by atoms with Gasteiger partial charge in [-0.1, -0.05) is 173 Å². The fourth-order valence-electron chi connectivity index (χ4n) is 6.98. The molecule has 0 radical (unpaired) electrons. The van der Waals surface area contributed by atoms with E-state index in [1.165, 1.54) is 83.5 Å². The number of aliphatic hydroxyl groups excluding tert-OH is 2. The van der Waals surface area contributed by atoms with Crippen molar-refractivity contribution in [1.29, 1.82) is 0 Å². The number of ether oxygens (including phenoxy) is 2. The molecule has 0 amide bonds. The maximum Gasteiger partial charge on any atom is 0.472 e. The molecule has 0 fully saturated rings. The predicted octanol–water partition coefficient (Wildman–Crippen LogP) is 12.2. The van der Waals surface area contributed by atoms with Crippen LogP contribution in [0.2, 0.25) is 0 Å². The number of unbranched alkanes of at least 4 members (excludes halogenated alkanes) is 22. The lowest BCUT2D eigenvalue weighted by molar-refractivity contribution is -0.161. The molecule has 4 atom stereocenters. The van der Waals surface area contributed by atoms with Crippen molar-refractivity contribution in [2.75, 3.05) is 33.0 Å². The summed E-state index contributed by atoms with van der Waals surface area (Å²) in [5.74, 6) is -0.885. The second-order valence-electron chi connectivity index (χ2n) is 16.5. The van der Waals surface area contributed by atoms with Crippen molar-refractivity contribution in [1.82, 2.24) is 5.32 Å². The molecular formula is C48H92NO10P. The normalized spacial score (nSPS) is 14.4. The van der Waals surface area contributed by atoms with E-state index in [0.717, 1.165) is 77.0 Å². The molecule has 11 nitrogen and oxygen atoms in total. The van der Waals surface area contributed by atoms with Crippen LogP contribution in [0.25, 0.3) is 0 Å². The Labute approximate surface area is 367 Å². The molecule has 0 saturated heterocycles. The summed E-state index contributed by atoms with van der Waals surface area (Å²) in [6.45, 7) is 5.63. The first-order valence-electron chi connectivity index (χ1n) is 24.5. The quantitative estimate of drug-likeness (QED) is 0.0199. The van der Waals surface area contributed by atoms with E-state index in [1.54, 1.807) is 0 Å². The topological polar surface area (TPSA) is 161 Å². The second kappa shape index (κ2) is 44.0. The molecule has 0 spiro atoms. The van der Waals surface area contributed by atoms with E-state index in [0.29, 0.717) is 25.7 Å². The zero-order valence-electron chi connectivity index (χ0n) is 38.6. The van der Waals surface area contributed by atoms with Gasteiger partial charge in [0.05, 0.1) is 19.3 Å². The van der Waals surface area contributed by atoms with Crippen molar-refractivity contribution in [3.8, 4) is 0 Å². The molecule has 0 aliphatic carbocycles. The van der Waals surface area contributed by atoms with Gasteiger partial charge in [0.1, 0.15) is 6.61 Å². The Kier molecular flexibility index (Phi) is 42.9. The number of aliphatic hydroxyl groups is 2. The number of phosphoric acid groups is 1. The third-order valence-electron chi connectivity index (χ3n) is 10.7. The minimum absolute atomic E-state index is 0.107. The summed E-state index contributed by atoms with van der Waals surface area (Å²) in [6, 6.07) is -0.382. The van der Waals surface area contributed by atoms with Crippen LogP contribution in [-0.2, 0) is 32.7 Å². The SMILES string of the molecule is CCCCC/C=C\C/C=C\CCCCCCCC(=O)OC(COC(=O)CCCCCCCCCCCCCCC)COP(=O)(O)OCCNC(CCO)C(O)CCCCC. The van der Waals surface area contributed by atoms with E-state index in [9.17, 15) is 29.3 Å². The van der Waals surface area contributed by atoms with Crippen LogP contribution in [0.3, 0.4) is 0 Å². The van der Waals surface area contributed by atoms with Gasteiger partial charge in [0.15, 0.2) is 6.10 Å². The van der Waals surface area contributed by atoms with Crippen LogP contribution in [0.15, 0.2) is 24.3 Å². The Balaban J connectivity index is 4.71. The first kappa shape index (κ1) is 58.4. The number of carbonyl (C=O) groups is 2. The number of phosphoric ester groups is 1. The van der Waals surface area contributed by atoms with Gasteiger partial charge < -0.3 is 29.9 Å². The van der Waals surface area contributed by atoms with Crippen LogP contribution in [0.5, 0.6) is 0 Å². The monoisotopic (exact) mass is 874 g/mol. The third kappa shape index (κ3) is 40.5. The molecule has 4 unspecified atom stereocenters. The molecule has 0 aromatic rings. The van der Waals surface area contributed by atoms with Gasteiger partial charge in [0.25, 0.3) is 0 Å². The Bertz CT molecular complexity index is 1070. The van der Waals surface area contributed by atoms with E-state index in [-0.39, 0.29) is 45.2 Å². The van der Waals surface area contributed by atoms with Gasteiger partial charge in [-0.15, -0.1) is 0 Å². The highest BCUT2D eigenvalue weighted by Crippen LogP contribution is 2.43. The van der Waals surface area contributed by atoms with Gasteiger partial charge in [-0.2, -0.15) is 0 Å². The maximum atomic E-state index is 12.8. The van der Waals surface area contributed by atoms with Gasteiger partial charge in [0.2, 0.25) is 0 Å². The van der Waals surface area contributed by atoms with E-state index in [2.05, 4.69) is 50.4 Å². The number of hydrogen-bond donors (Lipinski definition) is 4. The molecule has 0 aromatic heterocycles. The summed E-state index contributed by atoms with van der Waals surface area (Å²) in [5.41, 5.74) is 0. The van der Waals surface area contributed by atoms with E-state index >= 15 is 0 Å². The van der Waals surface area contributed by atoms with Gasteiger partial charge in [-0.25, -0.2) is 4.57 Å². The number of allylic oxidation sites excluding steroid dienone is 4. The molecule has 0 rings (SSSR count). The summed E-state index contributed by atoms with van der Waals surface area (Å²) < 4.78 is 34.1. The van der Waals surface area contributed by atoms with Crippen LogP contribution in [0.1, 0.15) is 220 Å². The second-order valence-corrected chi connectivity index (χ2v) is 18.0. The zero-order chi connectivity index (χ0) is 44.2. The fourth-order valence-corrected chi connectivity index (χ4v) is 7.73. The van der Waals surface area contributed by atoms with Crippen LogP contribution >= 0.6 is 7.82 Å². The Hall–Kier alpha value is -1.59. The Morgan fingerprint density at radius 3 is 1.65 bits per heavy atom. The van der Waals surface area contributed by atoms with E-state index in [4.69, 9.17) is 18.5 Å². The molecule has 12 heteroatoms. The summed E-state index contributed by atoms with van der Waals surface area (Å²) >= 11 is 0. The van der Waals surface area contributed by atoms with Gasteiger partial charge in [-0.3, -0.25) is 18.6 Å². The van der Waals surface area contributed by atoms with Crippen LogP contribution in [-0.4, -0.2) is 78.3 Å². The van der Waals surface area contributed by atoms with E-state index < -0.39 is 38.6 Å². The summed E-state index contributed by atoms with van der Waals surface area (Å²) in [6.07, 6.45) is 39.0. The molecule has 4 N–H and O–H groups in total. The first-order valence-corrected chi connectivity index (χ1v) is 26.0. The lowest BCUT2D eigenvalue weighted by Crippen LogP contribution is -2.42. The van der Waals surface area contributed by atoms with Crippen LogP contribution < -0.4 is 5.32 Å². The first-order chi connectivity index (χ1) is 29.2. The zero-order valence-corrected chi connectivity index (χ0v) is 39.5. The number of hydrogen-bond acceptors (Lipinski definition) is 10. The maximum absolute atomic E-state index is 12.8. The lowest BCUT2D eigenvalue weighted by atomic mass is 10.0. The molecule has 0 bridgehead atoms. The highest BCUT2D eigenvalue weighted by atomic mass is 31.2. The number of carbonyl (C=O) groups excluding carboxylic acids is 2. The fraction of sp³-hybridized carbons (Fsp3) is 0.875. The Morgan fingerprint density at radius 2 is 1.08 bits per heavy atom. The van der Waals surface area contributed by atoms with Crippen LogP contribution in [0.4, 0.5) is 0 Å². The molecule has 0 heterocycles. The number of rotatable bonds is 46. The van der Waals surface area contributed by atoms with Crippen molar-refractivity contribution in [2.24, 2.45) is 0 Å². The van der Waals surface area contributed by atoms with Gasteiger partial charge in [-0.05, 0) is 57.8 Å². The average Bonchev–Trinajstić information content (AvgIpc) is 3.23. The molecule has 354 valence electrons. The third-order valence-corrected chi connectivity index (χ3v) is 11.7.